The number of thiazole rings is 1. The van der Waals surface area contributed by atoms with E-state index in [0.717, 1.165) is 11.3 Å². The maximum atomic E-state index is 11.1. The van der Waals surface area contributed by atoms with Gasteiger partial charge in [0, 0.05) is 17.3 Å². The van der Waals surface area contributed by atoms with Crippen LogP contribution < -0.4 is 10.2 Å². The number of H-pyrrole nitrogens is 1. The summed E-state index contributed by atoms with van der Waals surface area (Å²) in [4.78, 5) is 28.6. The third-order valence-electron chi connectivity index (χ3n) is 2.39. The Morgan fingerprint density at radius 2 is 2.39 bits per heavy atom. The Morgan fingerprint density at radius 1 is 1.61 bits per heavy atom. The fraction of sp³-hybridized carbons (Fsp3) is 0.182. The van der Waals surface area contributed by atoms with Crippen molar-refractivity contribution in [2.45, 2.75) is 13.5 Å². The molecule has 0 unspecified atom stereocenters. The zero-order chi connectivity index (χ0) is 13.1. The minimum atomic E-state index is -1.03. The Morgan fingerprint density at radius 3 is 3.00 bits per heavy atom. The maximum Gasteiger partial charge on any atom is 0.339 e. The number of anilines is 1. The summed E-state index contributed by atoms with van der Waals surface area (Å²) in [7, 11) is 0. The van der Waals surface area contributed by atoms with Gasteiger partial charge in [-0.3, -0.25) is 4.79 Å². The van der Waals surface area contributed by atoms with Crippen molar-refractivity contribution >= 4 is 23.1 Å². The van der Waals surface area contributed by atoms with Gasteiger partial charge in [0.2, 0.25) is 0 Å². The zero-order valence-corrected chi connectivity index (χ0v) is 10.4. The van der Waals surface area contributed by atoms with Crippen molar-refractivity contribution < 1.29 is 9.90 Å². The van der Waals surface area contributed by atoms with Gasteiger partial charge in [0.1, 0.15) is 11.4 Å². The van der Waals surface area contributed by atoms with Gasteiger partial charge < -0.3 is 15.4 Å². The summed E-state index contributed by atoms with van der Waals surface area (Å²) in [6.07, 6.45) is 1.54. The number of nitrogens with zero attached hydrogens (tertiary/aromatic N) is 1. The molecule has 0 atom stereocenters. The number of carboxylic acids is 1. The molecule has 0 amide bonds. The average molecular weight is 265 g/mol. The molecule has 0 aliphatic heterocycles. The van der Waals surface area contributed by atoms with Crippen molar-refractivity contribution in [2.24, 2.45) is 0 Å². The van der Waals surface area contributed by atoms with Gasteiger partial charge in [-0.25, -0.2) is 9.78 Å². The second-order valence-electron chi connectivity index (χ2n) is 3.68. The van der Waals surface area contributed by atoms with E-state index in [9.17, 15) is 9.59 Å². The van der Waals surface area contributed by atoms with Gasteiger partial charge in [-0.05, 0) is 18.6 Å². The molecule has 18 heavy (non-hydrogen) atoms. The first kappa shape index (κ1) is 12.3. The first-order valence-corrected chi connectivity index (χ1v) is 6.05. The summed E-state index contributed by atoms with van der Waals surface area (Å²) in [6.45, 7) is 2.04. The van der Waals surface area contributed by atoms with Crippen LogP contribution in [0.1, 0.15) is 21.6 Å². The number of carbonyl (C=O) groups is 1. The molecule has 2 aromatic rings. The second kappa shape index (κ2) is 5.01. The van der Waals surface area contributed by atoms with Crippen molar-refractivity contribution in [3.63, 3.8) is 0 Å². The number of aromatic carboxylic acids is 1. The lowest BCUT2D eigenvalue weighted by atomic mass is 10.1. The molecule has 0 saturated heterocycles. The van der Waals surface area contributed by atoms with Gasteiger partial charge in [-0.1, -0.05) is 11.3 Å². The third-order valence-corrected chi connectivity index (χ3v) is 3.11. The minimum absolute atomic E-state index is 0.137. The van der Waals surface area contributed by atoms with Gasteiger partial charge >= 0.3 is 10.8 Å². The van der Waals surface area contributed by atoms with E-state index in [2.05, 4.69) is 15.3 Å². The predicted octanol–water partition coefficient (Wildman–Crippen LogP) is 1.45. The molecule has 0 aliphatic rings. The highest BCUT2D eigenvalue weighted by atomic mass is 32.1. The zero-order valence-electron chi connectivity index (χ0n) is 9.56. The van der Waals surface area contributed by atoms with Crippen LogP contribution in [0.25, 0.3) is 0 Å². The van der Waals surface area contributed by atoms with Crippen molar-refractivity contribution in [1.29, 1.82) is 0 Å². The molecule has 0 radical (unpaired) electrons. The molecule has 0 aromatic carbocycles. The number of carboxylic acid groups (broad SMARTS) is 1. The van der Waals surface area contributed by atoms with Gasteiger partial charge in [-0.15, -0.1) is 0 Å². The normalized spacial score (nSPS) is 10.3. The predicted molar refractivity (Wildman–Crippen MR) is 68.2 cm³/mol. The fourth-order valence-electron chi connectivity index (χ4n) is 1.54. The Hall–Kier alpha value is -2.15. The van der Waals surface area contributed by atoms with Gasteiger partial charge in [0.05, 0.1) is 6.54 Å². The van der Waals surface area contributed by atoms with Crippen LogP contribution in [-0.2, 0) is 6.54 Å². The van der Waals surface area contributed by atoms with E-state index in [1.807, 2.05) is 0 Å². The summed E-state index contributed by atoms with van der Waals surface area (Å²) in [5.74, 6) is -0.725. The number of aromatic nitrogens is 2. The fourth-order valence-corrected chi connectivity index (χ4v) is 2.12. The molecule has 2 heterocycles. The van der Waals surface area contributed by atoms with Crippen molar-refractivity contribution in [3.8, 4) is 0 Å². The van der Waals surface area contributed by atoms with Crippen LogP contribution in [0.3, 0.4) is 0 Å². The second-order valence-corrected chi connectivity index (χ2v) is 4.53. The van der Waals surface area contributed by atoms with Crippen LogP contribution in [0, 0.1) is 6.92 Å². The van der Waals surface area contributed by atoms with Gasteiger partial charge in [0.25, 0.3) is 0 Å². The number of aryl methyl sites for hydroxylation is 1. The molecule has 3 N–H and O–H groups in total. The van der Waals surface area contributed by atoms with Crippen molar-refractivity contribution in [3.05, 3.63) is 44.1 Å². The molecule has 0 aliphatic carbocycles. The van der Waals surface area contributed by atoms with Crippen LogP contribution in [0.15, 0.2) is 22.4 Å². The van der Waals surface area contributed by atoms with Gasteiger partial charge in [0.15, 0.2) is 0 Å². The molecule has 0 spiro atoms. The Balaban J connectivity index is 2.21. The highest BCUT2D eigenvalue weighted by molar-refractivity contribution is 7.07. The van der Waals surface area contributed by atoms with Crippen LogP contribution in [0.5, 0.6) is 0 Å². The molecule has 94 valence electrons. The number of hydrogen-bond donors (Lipinski definition) is 3. The SMILES string of the molecule is Cc1ccnc(NCc2csc(=O)[nH]2)c1C(=O)O. The summed E-state index contributed by atoms with van der Waals surface area (Å²) in [5, 5.41) is 13.7. The molecule has 2 aromatic heterocycles. The first-order chi connectivity index (χ1) is 8.58. The van der Waals surface area contributed by atoms with E-state index in [1.165, 1.54) is 0 Å². The first-order valence-electron chi connectivity index (χ1n) is 5.17. The highest BCUT2D eigenvalue weighted by Gasteiger charge is 2.14. The number of pyridine rings is 1. The monoisotopic (exact) mass is 265 g/mol. The molecular formula is C11H11N3O3S. The summed E-state index contributed by atoms with van der Waals surface area (Å²) in [5.41, 5.74) is 1.48. The standard InChI is InChI=1S/C11H11N3O3S/c1-6-2-3-12-9(8(6)10(15)16)13-4-7-5-18-11(17)14-7/h2-3,5H,4H2,1H3,(H,12,13)(H,14,17)(H,15,16). The minimum Gasteiger partial charge on any atom is -0.478 e. The molecule has 0 saturated carbocycles. The number of rotatable bonds is 4. The topological polar surface area (TPSA) is 95.1 Å². The lowest BCUT2D eigenvalue weighted by Gasteiger charge is -2.09. The number of aromatic amines is 1. The lowest BCUT2D eigenvalue weighted by Crippen LogP contribution is -2.10. The van der Waals surface area contributed by atoms with Crippen LogP contribution in [0.4, 0.5) is 5.82 Å². The molecule has 6 nitrogen and oxygen atoms in total. The van der Waals surface area contributed by atoms with Crippen molar-refractivity contribution in [2.75, 3.05) is 5.32 Å². The smallest absolute Gasteiger partial charge is 0.339 e. The summed E-state index contributed by atoms with van der Waals surface area (Å²) in [6, 6.07) is 1.64. The number of nitrogens with one attached hydrogen (secondary N) is 2. The van der Waals surface area contributed by atoms with Crippen molar-refractivity contribution in [1.82, 2.24) is 9.97 Å². The Kier molecular flexibility index (Phi) is 3.42. The molecular weight excluding hydrogens is 254 g/mol. The van der Waals surface area contributed by atoms with Crippen LogP contribution in [-0.4, -0.2) is 21.0 Å². The van der Waals surface area contributed by atoms with E-state index in [1.54, 1.807) is 24.6 Å². The van der Waals surface area contributed by atoms with E-state index < -0.39 is 5.97 Å². The van der Waals surface area contributed by atoms with E-state index >= 15 is 0 Å². The molecule has 2 rings (SSSR count). The Bertz CT molecular complexity index is 632. The molecule has 0 bridgehead atoms. The average Bonchev–Trinajstić information content (AvgIpc) is 2.72. The van der Waals surface area contributed by atoms with E-state index in [4.69, 9.17) is 5.11 Å². The quantitative estimate of drug-likeness (QED) is 0.777. The Labute approximate surface area is 106 Å². The molecule has 0 fully saturated rings. The summed E-state index contributed by atoms with van der Waals surface area (Å²) >= 11 is 1.07. The maximum absolute atomic E-state index is 11.1. The van der Waals surface area contributed by atoms with E-state index in [-0.39, 0.29) is 10.4 Å². The van der Waals surface area contributed by atoms with Crippen LogP contribution >= 0.6 is 11.3 Å². The number of hydrogen-bond acceptors (Lipinski definition) is 5. The largest absolute Gasteiger partial charge is 0.478 e. The summed E-state index contributed by atoms with van der Waals surface area (Å²) < 4.78 is 0. The highest BCUT2D eigenvalue weighted by Crippen LogP contribution is 2.17. The van der Waals surface area contributed by atoms with E-state index in [0.29, 0.717) is 23.6 Å². The van der Waals surface area contributed by atoms with Gasteiger partial charge in [-0.2, -0.15) is 0 Å². The lowest BCUT2D eigenvalue weighted by molar-refractivity contribution is 0.0697. The third kappa shape index (κ3) is 2.57. The molecule has 7 heteroatoms. The van der Waals surface area contributed by atoms with Crippen LogP contribution in [0.2, 0.25) is 0 Å².